The van der Waals surface area contributed by atoms with Gasteiger partial charge in [-0.1, -0.05) is 6.07 Å². The molecule has 1 aromatic heterocycles. The quantitative estimate of drug-likeness (QED) is 0.412. The topological polar surface area (TPSA) is 84.6 Å². The second kappa shape index (κ2) is 4.52. The van der Waals surface area contributed by atoms with Crippen molar-refractivity contribution in [1.29, 1.82) is 0 Å². The van der Waals surface area contributed by atoms with Crippen molar-refractivity contribution in [1.82, 2.24) is 5.43 Å². The van der Waals surface area contributed by atoms with Gasteiger partial charge in [-0.2, -0.15) is 5.10 Å². The van der Waals surface area contributed by atoms with E-state index in [1.807, 2.05) is 17.5 Å². The SMILES string of the molecule is C/C(=N\NC(=O)C(N)=O)c1cccs1. The second-order valence-corrected chi connectivity index (χ2v) is 3.43. The Hall–Kier alpha value is -1.69. The molecule has 14 heavy (non-hydrogen) atoms. The number of carbonyl (C=O) groups is 2. The van der Waals surface area contributed by atoms with Gasteiger partial charge in [0.15, 0.2) is 0 Å². The van der Waals surface area contributed by atoms with Gasteiger partial charge in [0.25, 0.3) is 0 Å². The highest BCUT2D eigenvalue weighted by molar-refractivity contribution is 7.12. The van der Waals surface area contributed by atoms with Crippen molar-refractivity contribution in [3.63, 3.8) is 0 Å². The van der Waals surface area contributed by atoms with Crippen LogP contribution in [0.4, 0.5) is 0 Å². The second-order valence-electron chi connectivity index (χ2n) is 2.48. The minimum absolute atomic E-state index is 0.634. The molecule has 0 unspecified atom stereocenters. The van der Waals surface area contributed by atoms with Gasteiger partial charge in [0.05, 0.1) is 5.71 Å². The molecule has 1 aromatic rings. The van der Waals surface area contributed by atoms with Crippen molar-refractivity contribution in [3.05, 3.63) is 22.4 Å². The summed E-state index contributed by atoms with van der Waals surface area (Å²) in [5, 5.41) is 5.61. The first-order valence-electron chi connectivity index (χ1n) is 3.79. The Labute approximate surface area is 84.6 Å². The van der Waals surface area contributed by atoms with E-state index in [2.05, 4.69) is 10.5 Å². The molecule has 0 atom stereocenters. The molecular formula is C8H9N3O2S. The molecule has 0 bridgehead atoms. The number of nitrogens with one attached hydrogen (secondary N) is 1. The van der Waals surface area contributed by atoms with E-state index in [4.69, 9.17) is 5.73 Å². The third-order valence-electron chi connectivity index (χ3n) is 1.43. The summed E-state index contributed by atoms with van der Waals surface area (Å²) in [5.41, 5.74) is 7.41. The first kappa shape index (κ1) is 10.4. The Morgan fingerprint density at radius 2 is 2.29 bits per heavy atom. The zero-order valence-electron chi connectivity index (χ0n) is 7.48. The molecular weight excluding hydrogens is 202 g/mol. The number of carbonyl (C=O) groups excluding carboxylic acids is 2. The van der Waals surface area contributed by atoms with Crippen molar-refractivity contribution in [2.45, 2.75) is 6.92 Å². The number of thiophene rings is 1. The monoisotopic (exact) mass is 211 g/mol. The highest BCUT2D eigenvalue weighted by Crippen LogP contribution is 2.08. The average Bonchev–Trinajstić information content (AvgIpc) is 2.66. The lowest BCUT2D eigenvalue weighted by atomic mass is 10.3. The molecule has 74 valence electrons. The van der Waals surface area contributed by atoms with Crippen molar-refractivity contribution >= 4 is 28.9 Å². The normalized spacial score (nSPS) is 11.1. The first-order valence-corrected chi connectivity index (χ1v) is 4.67. The Kier molecular flexibility index (Phi) is 3.35. The van der Waals surface area contributed by atoms with Gasteiger partial charge in [-0.25, -0.2) is 5.43 Å². The predicted octanol–water partition coefficient (Wildman–Crippen LogP) is 0.0736. The number of primary amides is 1. The minimum Gasteiger partial charge on any atom is -0.361 e. The van der Waals surface area contributed by atoms with Crippen LogP contribution >= 0.6 is 11.3 Å². The van der Waals surface area contributed by atoms with Gasteiger partial charge in [-0.3, -0.25) is 9.59 Å². The fourth-order valence-electron chi connectivity index (χ4n) is 0.729. The smallest absolute Gasteiger partial charge is 0.329 e. The van der Waals surface area contributed by atoms with Gasteiger partial charge in [-0.05, 0) is 18.4 Å². The van der Waals surface area contributed by atoms with Crippen LogP contribution in [-0.2, 0) is 9.59 Å². The van der Waals surface area contributed by atoms with Crippen LogP contribution in [0, 0.1) is 0 Å². The summed E-state index contributed by atoms with van der Waals surface area (Å²) in [6.45, 7) is 1.73. The van der Waals surface area contributed by atoms with E-state index >= 15 is 0 Å². The first-order chi connectivity index (χ1) is 6.61. The third kappa shape index (κ3) is 2.67. The van der Waals surface area contributed by atoms with Crippen molar-refractivity contribution in [2.75, 3.05) is 0 Å². The standard InChI is InChI=1S/C8H9N3O2S/c1-5(6-3-2-4-14-6)10-11-8(13)7(9)12/h2-4H,1H3,(H2,9,12)(H,11,13)/b10-5+. The molecule has 5 nitrogen and oxygen atoms in total. The van der Waals surface area contributed by atoms with E-state index in [1.165, 1.54) is 11.3 Å². The molecule has 0 aliphatic heterocycles. The van der Waals surface area contributed by atoms with Crippen LogP contribution < -0.4 is 11.2 Å². The number of hydrogen-bond acceptors (Lipinski definition) is 4. The van der Waals surface area contributed by atoms with E-state index in [0.717, 1.165) is 4.88 Å². The highest BCUT2D eigenvalue weighted by atomic mass is 32.1. The molecule has 0 saturated heterocycles. The van der Waals surface area contributed by atoms with Crippen molar-refractivity contribution in [3.8, 4) is 0 Å². The van der Waals surface area contributed by atoms with Crippen molar-refractivity contribution in [2.24, 2.45) is 10.8 Å². The maximum Gasteiger partial charge on any atom is 0.329 e. The van der Waals surface area contributed by atoms with E-state index in [-0.39, 0.29) is 0 Å². The zero-order valence-corrected chi connectivity index (χ0v) is 8.30. The molecule has 3 N–H and O–H groups in total. The van der Waals surface area contributed by atoms with E-state index in [1.54, 1.807) is 6.92 Å². The van der Waals surface area contributed by atoms with Gasteiger partial charge in [0, 0.05) is 4.88 Å². The van der Waals surface area contributed by atoms with Gasteiger partial charge in [0.2, 0.25) is 0 Å². The summed E-state index contributed by atoms with van der Waals surface area (Å²) >= 11 is 1.49. The molecule has 2 amide bonds. The summed E-state index contributed by atoms with van der Waals surface area (Å²) in [4.78, 5) is 22.0. The zero-order chi connectivity index (χ0) is 10.6. The van der Waals surface area contributed by atoms with E-state index in [9.17, 15) is 9.59 Å². The molecule has 0 fully saturated rings. The largest absolute Gasteiger partial charge is 0.361 e. The van der Waals surface area contributed by atoms with E-state index < -0.39 is 11.8 Å². The van der Waals surface area contributed by atoms with Crippen LogP contribution in [0.3, 0.4) is 0 Å². The lowest BCUT2D eigenvalue weighted by Crippen LogP contribution is -2.33. The maximum absolute atomic E-state index is 10.7. The van der Waals surface area contributed by atoms with Crippen LogP contribution in [0.5, 0.6) is 0 Å². The van der Waals surface area contributed by atoms with Crippen LogP contribution in [0.25, 0.3) is 0 Å². The summed E-state index contributed by atoms with van der Waals surface area (Å²) in [5.74, 6) is -1.96. The van der Waals surface area contributed by atoms with E-state index in [0.29, 0.717) is 5.71 Å². The van der Waals surface area contributed by atoms with Crippen LogP contribution in [0.15, 0.2) is 22.6 Å². The Morgan fingerprint density at radius 1 is 1.57 bits per heavy atom. The summed E-state index contributed by atoms with van der Waals surface area (Å²) in [7, 11) is 0. The molecule has 0 spiro atoms. The van der Waals surface area contributed by atoms with Gasteiger partial charge in [0.1, 0.15) is 0 Å². The summed E-state index contributed by atoms with van der Waals surface area (Å²) in [6.07, 6.45) is 0. The predicted molar refractivity (Wildman–Crippen MR) is 53.9 cm³/mol. The highest BCUT2D eigenvalue weighted by Gasteiger charge is 2.06. The Balaban J connectivity index is 2.62. The summed E-state index contributed by atoms with van der Waals surface area (Å²) in [6, 6.07) is 3.73. The lowest BCUT2D eigenvalue weighted by molar-refractivity contribution is -0.137. The van der Waals surface area contributed by atoms with Crippen LogP contribution in [0.2, 0.25) is 0 Å². The Bertz CT molecular complexity index is 370. The number of nitrogens with two attached hydrogens (primary N) is 1. The number of rotatable bonds is 2. The van der Waals surface area contributed by atoms with Gasteiger partial charge >= 0.3 is 11.8 Å². The van der Waals surface area contributed by atoms with Crippen molar-refractivity contribution < 1.29 is 9.59 Å². The average molecular weight is 211 g/mol. The minimum atomic E-state index is -1.05. The number of hydrogen-bond donors (Lipinski definition) is 2. The van der Waals surface area contributed by atoms with Gasteiger partial charge < -0.3 is 5.73 Å². The Morgan fingerprint density at radius 3 is 2.79 bits per heavy atom. The number of nitrogens with zero attached hydrogens (tertiary/aromatic N) is 1. The third-order valence-corrected chi connectivity index (χ3v) is 2.41. The molecule has 1 rings (SSSR count). The number of hydrazone groups is 1. The fourth-order valence-corrected chi connectivity index (χ4v) is 1.41. The maximum atomic E-state index is 10.7. The molecule has 1 heterocycles. The summed E-state index contributed by atoms with van der Waals surface area (Å²) < 4.78 is 0. The van der Waals surface area contributed by atoms with Gasteiger partial charge in [-0.15, -0.1) is 11.3 Å². The fraction of sp³-hybridized carbons (Fsp3) is 0.125. The molecule has 0 radical (unpaired) electrons. The van der Waals surface area contributed by atoms with Crippen LogP contribution in [-0.4, -0.2) is 17.5 Å². The lowest BCUT2D eigenvalue weighted by Gasteiger charge is -1.96. The molecule has 0 aromatic carbocycles. The van der Waals surface area contributed by atoms with Crippen LogP contribution in [0.1, 0.15) is 11.8 Å². The molecule has 0 saturated carbocycles. The molecule has 0 aliphatic carbocycles. The molecule has 0 aliphatic rings. The number of amides is 2. The molecule has 6 heteroatoms.